The van der Waals surface area contributed by atoms with Gasteiger partial charge in [0.05, 0.1) is 0 Å². The lowest BCUT2D eigenvalue weighted by atomic mass is 9.74. The van der Waals surface area contributed by atoms with Crippen LogP contribution in [0.4, 0.5) is 0 Å². The molecule has 5 nitrogen and oxygen atoms in total. The number of ether oxygens (including phenoxy) is 1. The van der Waals surface area contributed by atoms with Crippen LogP contribution in [-0.2, 0) is 10.2 Å². The van der Waals surface area contributed by atoms with Crippen LogP contribution >= 0.6 is 0 Å². The Morgan fingerprint density at radius 1 is 1.18 bits per heavy atom. The highest BCUT2D eigenvalue weighted by Crippen LogP contribution is 2.34. The predicted molar refractivity (Wildman–Crippen MR) is 119 cm³/mol. The van der Waals surface area contributed by atoms with Gasteiger partial charge in [0.1, 0.15) is 0 Å². The quantitative estimate of drug-likeness (QED) is 0.476. The molecule has 5 heteroatoms. The SMILES string of the molecule is CCN(CC)CCCC(C)NC(=NC)NCC1(c2ccccc2)CCOCC1. The van der Waals surface area contributed by atoms with E-state index in [2.05, 4.69) is 71.6 Å². The zero-order valence-corrected chi connectivity index (χ0v) is 18.3. The minimum atomic E-state index is 0.114. The predicted octanol–water partition coefficient (Wildman–Crippen LogP) is 3.41. The van der Waals surface area contributed by atoms with Crippen molar-refractivity contribution in [3.8, 4) is 0 Å². The molecule has 158 valence electrons. The Morgan fingerprint density at radius 3 is 2.46 bits per heavy atom. The van der Waals surface area contributed by atoms with E-state index in [1.54, 1.807) is 0 Å². The van der Waals surface area contributed by atoms with Crippen molar-refractivity contribution in [3.05, 3.63) is 35.9 Å². The molecule has 1 unspecified atom stereocenters. The standard InChI is InChI=1S/C23H40N4O/c1-5-27(6-2)16-10-11-20(3)26-22(24-4)25-19-23(14-17-28-18-15-23)21-12-8-7-9-13-21/h7-9,12-13,20H,5-6,10-11,14-19H2,1-4H3,(H2,24,25,26). The molecule has 1 aliphatic rings. The molecule has 1 aromatic rings. The first-order valence-corrected chi connectivity index (χ1v) is 11.0. The third-order valence-electron chi connectivity index (χ3n) is 6.04. The first kappa shape index (κ1) is 22.7. The molecule has 2 N–H and O–H groups in total. The molecular weight excluding hydrogens is 348 g/mol. The molecule has 0 aliphatic carbocycles. The normalized spacial score (nSPS) is 18.1. The van der Waals surface area contributed by atoms with Gasteiger partial charge in [0.25, 0.3) is 0 Å². The number of hydrogen-bond donors (Lipinski definition) is 2. The molecule has 28 heavy (non-hydrogen) atoms. The fourth-order valence-electron chi connectivity index (χ4n) is 4.04. The van der Waals surface area contributed by atoms with Crippen LogP contribution in [0.5, 0.6) is 0 Å². The number of aliphatic imine (C=N–C) groups is 1. The van der Waals surface area contributed by atoms with Gasteiger partial charge in [-0.2, -0.15) is 0 Å². The van der Waals surface area contributed by atoms with Crippen molar-refractivity contribution in [1.82, 2.24) is 15.5 Å². The summed E-state index contributed by atoms with van der Waals surface area (Å²) in [7, 11) is 1.86. The zero-order valence-electron chi connectivity index (χ0n) is 18.3. The smallest absolute Gasteiger partial charge is 0.191 e. The first-order chi connectivity index (χ1) is 13.6. The summed E-state index contributed by atoms with van der Waals surface area (Å²) in [6.45, 7) is 12.7. The second kappa shape index (κ2) is 12.1. The van der Waals surface area contributed by atoms with Gasteiger partial charge in [-0.05, 0) is 57.8 Å². The van der Waals surface area contributed by atoms with Crippen molar-refractivity contribution in [3.63, 3.8) is 0 Å². The van der Waals surface area contributed by atoms with Crippen LogP contribution in [0.1, 0.15) is 52.0 Å². The molecule has 1 aromatic carbocycles. The lowest BCUT2D eigenvalue weighted by molar-refractivity contribution is 0.0513. The van der Waals surface area contributed by atoms with Crippen LogP contribution in [0.25, 0.3) is 0 Å². The maximum absolute atomic E-state index is 5.65. The highest BCUT2D eigenvalue weighted by Gasteiger charge is 2.34. The van der Waals surface area contributed by atoms with Crippen molar-refractivity contribution in [2.24, 2.45) is 4.99 Å². The molecule has 2 rings (SSSR count). The summed E-state index contributed by atoms with van der Waals surface area (Å²) < 4.78 is 5.65. The van der Waals surface area contributed by atoms with Gasteiger partial charge in [0.15, 0.2) is 5.96 Å². The summed E-state index contributed by atoms with van der Waals surface area (Å²) >= 11 is 0. The molecular formula is C23H40N4O. The maximum Gasteiger partial charge on any atom is 0.191 e. The molecule has 0 spiro atoms. The van der Waals surface area contributed by atoms with Gasteiger partial charge >= 0.3 is 0 Å². The van der Waals surface area contributed by atoms with E-state index in [0.717, 1.165) is 58.1 Å². The van der Waals surface area contributed by atoms with Gasteiger partial charge < -0.3 is 20.3 Å². The molecule has 0 saturated carbocycles. The van der Waals surface area contributed by atoms with E-state index >= 15 is 0 Å². The lowest BCUT2D eigenvalue weighted by Crippen LogP contribution is -2.49. The van der Waals surface area contributed by atoms with Crippen LogP contribution in [0.2, 0.25) is 0 Å². The maximum atomic E-state index is 5.65. The summed E-state index contributed by atoms with van der Waals surface area (Å²) in [5.41, 5.74) is 1.51. The second-order valence-electron chi connectivity index (χ2n) is 7.90. The number of benzene rings is 1. The molecule has 0 aromatic heterocycles. The van der Waals surface area contributed by atoms with Gasteiger partial charge in [0.2, 0.25) is 0 Å². The first-order valence-electron chi connectivity index (χ1n) is 11.0. The van der Waals surface area contributed by atoms with Gasteiger partial charge in [-0.15, -0.1) is 0 Å². The van der Waals surface area contributed by atoms with E-state index in [0.29, 0.717) is 6.04 Å². The van der Waals surface area contributed by atoms with E-state index in [1.807, 2.05) is 7.05 Å². The average Bonchev–Trinajstić information content (AvgIpc) is 2.75. The molecule has 0 radical (unpaired) electrons. The van der Waals surface area contributed by atoms with Crippen molar-refractivity contribution in [2.45, 2.75) is 57.9 Å². The number of hydrogen-bond acceptors (Lipinski definition) is 3. The largest absolute Gasteiger partial charge is 0.381 e. The van der Waals surface area contributed by atoms with Crippen molar-refractivity contribution < 1.29 is 4.74 Å². The monoisotopic (exact) mass is 388 g/mol. The summed E-state index contributed by atoms with van der Waals surface area (Å²) in [4.78, 5) is 6.95. The minimum absolute atomic E-state index is 0.114. The summed E-state index contributed by atoms with van der Waals surface area (Å²) in [5.74, 6) is 0.900. The van der Waals surface area contributed by atoms with E-state index in [-0.39, 0.29) is 5.41 Å². The Balaban J connectivity index is 1.87. The van der Waals surface area contributed by atoms with Gasteiger partial charge in [0, 0.05) is 38.3 Å². The Bertz CT molecular complexity index is 565. The van der Waals surface area contributed by atoms with E-state index < -0.39 is 0 Å². The highest BCUT2D eigenvalue weighted by atomic mass is 16.5. The van der Waals surface area contributed by atoms with E-state index in [9.17, 15) is 0 Å². The Hall–Kier alpha value is -1.59. The zero-order chi connectivity index (χ0) is 20.2. The Kier molecular flexibility index (Phi) is 9.79. The number of nitrogens with one attached hydrogen (secondary N) is 2. The Labute approximate surface area is 171 Å². The molecule has 1 heterocycles. The van der Waals surface area contributed by atoms with Crippen LogP contribution in [0.3, 0.4) is 0 Å². The van der Waals surface area contributed by atoms with Crippen molar-refractivity contribution in [1.29, 1.82) is 0 Å². The van der Waals surface area contributed by atoms with Crippen molar-refractivity contribution >= 4 is 5.96 Å². The van der Waals surface area contributed by atoms with Crippen LogP contribution < -0.4 is 10.6 Å². The average molecular weight is 389 g/mol. The lowest BCUT2D eigenvalue weighted by Gasteiger charge is -2.38. The van der Waals surface area contributed by atoms with E-state index in [1.165, 1.54) is 18.5 Å². The van der Waals surface area contributed by atoms with Crippen LogP contribution in [-0.4, -0.2) is 63.3 Å². The van der Waals surface area contributed by atoms with Crippen LogP contribution in [0, 0.1) is 0 Å². The van der Waals surface area contributed by atoms with Gasteiger partial charge in [-0.25, -0.2) is 0 Å². The molecule has 1 aliphatic heterocycles. The minimum Gasteiger partial charge on any atom is -0.381 e. The summed E-state index contributed by atoms with van der Waals surface area (Å²) in [6.07, 6.45) is 4.44. The fraction of sp³-hybridized carbons (Fsp3) is 0.696. The second-order valence-corrected chi connectivity index (χ2v) is 7.90. The molecule has 1 saturated heterocycles. The number of guanidine groups is 1. The third kappa shape index (κ3) is 6.78. The fourth-order valence-corrected chi connectivity index (χ4v) is 4.04. The Morgan fingerprint density at radius 2 is 1.86 bits per heavy atom. The number of nitrogens with zero attached hydrogens (tertiary/aromatic N) is 2. The molecule has 1 atom stereocenters. The molecule has 0 amide bonds. The van der Waals surface area contributed by atoms with Crippen LogP contribution in [0.15, 0.2) is 35.3 Å². The summed E-state index contributed by atoms with van der Waals surface area (Å²) in [5, 5.41) is 7.18. The number of rotatable bonds is 10. The summed E-state index contributed by atoms with van der Waals surface area (Å²) in [6, 6.07) is 11.3. The van der Waals surface area contributed by atoms with Gasteiger partial charge in [-0.3, -0.25) is 4.99 Å². The third-order valence-corrected chi connectivity index (χ3v) is 6.04. The van der Waals surface area contributed by atoms with E-state index in [4.69, 9.17) is 4.74 Å². The highest BCUT2D eigenvalue weighted by molar-refractivity contribution is 5.80. The molecule has 0 bridgehead atoms. The van der Waals surface area contributed by atoms with Gasteiger partial charge in [-0.1, -0.05) is 44.2 Å². The van der Waals surface area contributed by atoms with Crippen molar-refractivity contribution in [2.75, 3.05) is 46.4 Å². The topological polar surface area (TPSA) is 48.9 Å². The molecule has 1 fully saturated rings.